The van der Waals surface area contributed by atoms with E-state index in [0.29, 0.717) is 0 Å². The van der Waals surface area contributed by atoms with E-state index in [-0.39, 0.29) is 0 Å². The Morgan fingerprint density at radius 1 is 0.545 bits per heavy atom. The van der Waals surface area contributed by atoms with Gasteiger partial charge in [0.25, 0.3) is 0 Å². The number of nitrogens with zero attached hydrogens (tertiary/aromatic N) is 1. The third kappa shape index (κ3) is 16.3. The SMILES string of the molecule is CCCCCCCCCN(CCCCCCC)CCC(C)C. The average molecular weight is 312 g/mol. The van der Waals surface area contributed by atoms with Crippen LogP contribution >= 0.6 is 0 Å². The Morgan fingerprint density at radius 3 is 1.36 bits per heavy atom. The summed E-state index contributed by atoms with van der Waals surface area (Å²) in [6.45, 7) is 13.3. The minimum Gasteiger partial charge on any atom is -0.303 e. The molecular formula is C21H45N. The quantitative estimate of drug-likeness (QED) is 0.260. The lowest BCUT2D eigenvalue weighted by molar-refractivity contribution is 0.246. The zero-order valence-corrected chi connectivity index (χ0v) is 16.3. The summed E-state index contributed by atoms with van der Waals surface area (Å²) < 4.78 is 0. The smallest absolute Gasteiger partial charge is 0.00163 e. The molecule has 0 heterocycles. The Hall–Kier alpha value is -0.0400. The van der Waals surface area contributed by atoms with Crippen molar-refractivity contribution in [2.75, 3.05) is 19.6 Å². The van der Waals surface area contributed by atoms with Gasteiger partial charge in [0.2, 0.25) is 0 Å². The highest BCUT2D eigenvalue weighted by atomic mass is 15.1. The fraction of sp³-hybridized carbons (Fsp3) is 1.00. The van der Waals surface area contributed by atoms with Gasteiger partial charge in [0.05, 0.1) is 0 Å². The molecule has 0 rings (SSSR count). The summed E-state index contributed by atoms with van der Waals surface area (Å²) in [7, 11) is 0. The molecular weight excluding hydrogens is 266 g/mol. The molecule has 0 aliphatic heterocycles. The molecule has 1 nitrogen and oxygen atoms in total. The van der Waals surface area contributed by atoms with Crippen LogP contribution in [0.15, 0.2) is 0 Å². The summed E-state index contributed by atoms with van der Waals surface area (Å²) >= 11 is 0. The topological polar surface area (TPSA) is 3.24 Å². The highest BCUT2D eigenvalue weighted by Gasteiger charge is 2.06. The van der Waals surface area contributed by atoms with Crippen molar-refractivity contribution in [1.82, 2.24) is 4.90 Å². The van der Waals surface area contributed by atoms with Gasteiger partial charge >= 0.3 is 0 Å². The van der Waals surface area contributed by atoms with Gasteiger partial charge in [-0.25, -0.2) is 0 Å². The van der Waals surface area contributed by atoms with Gasteiger partial charge < -0.3 is 4.90 Å². The van der Waals surface area contributed by atoms with E-state index in [2.05, 4.69) is 32.6 Å². The lowest BCUT2D eigenvalue weighted by atomic mass is 10.1. The lowest BCUT2D eigenvalue weighted by Crippen LogP contribution is -2.28. The molecule has 0 amide bonds. The standard InChI is InChI=1S/C21H45N/c1-5-7-9-11-12-14-16-19-22(20-17-21(3)4)18-15-13-10-8-6-2/h21H,5-20H2,1-4H3. The minimum absolute atomic E-state index is 0.844. The third-order valence-corrected chi connectivity index (χ3v) is 4.68. The molecule has 0 unspecified atom stereocenters. The van der Waals surface area contributed by atoms with Crippen molar-refractivity contribution in [3.8, 4) is 0 Å². The van der Waals surface area contributed by atoms with Crippen molar-refractivity contribution in [1.29, 1.82) is 0 Å². The van der Waals surface area contributed by atoms with Crippen molar-refractivity contribution in [3.63, 3.8) is 0 Å². The van der Waals surface area contributed by atoms with E-state index in [9.17, 15) is 0 Å². The fourth-order valence-corrected chi connectivity index (χ4v) is 3.01. The Labute approximate surface area is 142 Å². The van der Waals surface area contributed by atoms with Crippen LogP contribution in [-0.4, -0.2) is 24.5 Å². The molecule has 0 spiro atoms. The predicted octanol–water partition coefficient (Wildman–Crippen LogP) is 7.06. The molecule has 22 heavy (non-hydrogen) atoms. The van der Waals surface area contributed by atoms with Crippen LogP contribution < -0.4 is 0 Å². The molecule has 0 fully saturated rings. The van der Waals surface area contributed by atoms with Crippen LogP contribution in [0.2, 0.25) is 0 Å². The summed E-state index contributed by atoms with van der Waals surface area (Å²) in [5.41, 5.74) is 0. The van der Waals surface area contributed by atoms with Crippen molar-refractivity contribution >= 4 is 0 Å². The molecule has 0 atom stereocenters. The van der Waals surface area contributed by atoms with E-state index in [4.69, 9.17) is 0 Å². The van der Waals surface area contributed by atoms with Gasteiger partial charge in [-0.2, -0.15) is 0 Å². The molecule has 0 aliphatic rings. The van der Waals surface area contributed by atoms with Gasteiger partial charge in [0, 0.05) is 0 Å². The molecule has 0 radical (unpaired) electrons. The summed E-state index contributed by atoms with van der Waals surface area (Å²) in [4.78, 5) is 2.75. The van der Waals surface area contributed by atoms with Crippen molar-refractivity contribution in [3.05, 3.63) is 0 Å². The van der Waals surface area contributed by atoms with Crippen LogP contribution in [0.5, 0.6) is 0 Å². The molecule has 1 heteroatoms. The van der Waals surface area contributed by atoms with Crippen LogP contribution in [0.1, 0.15) is 111 Å². The fourth-order valence-electron chi connectivity index (χ4n) is 3.01. The molecule has 0 aliphatic carbocycles. The predicted molar refractivity (Wildman–Crippen MR) is 103 cm³/mol. The van der Waals surface area contributed by atoms with E-state index >= 15 is 0 Å². The number of hydrogen-bond acceptors (Lipinski definition) is 1. The third-order valence-electron chi connectivity index (χ3n) is 4.68. The van der Waals surface area contributed by atoms with E-state index < -0.39 is 0 Å². The Kier molecular flexibility index (Phi) is 17.3. The highest BCUT2D eigenvalue weighted by molar-refractivity contribution is 4.61. The molecule has 0 aromatic carbocycles. The van der Waals surface area contributed by atoms with Gasteiger partial charge in [-0.15, -0.1) is 0 Å². The zero-order valence-electron chi connectivity index (χ0n) is 16.3. The molecule has 134 valence electrons. The molecule has 0 N–H and O–H groups in total. The van der Waals surface area contributed by atoms with E-state index in [1.54, 1.807) is 0 Å². The first-order valence-corrected chi connectivity index (χ1v) is 10.4. The van der Waals surface area contributed by atoms with E-state index in [1.165, 1.54) is 103 Å². The highest BCUT2D eigenvalue weighted by Crippen LogP contribution is 2.10. The largest absolute Gasteiger partial charge is 0.303 e. The number of rotatable bonds is 17. The van der Waals surface area contributed by atoms with Crippen LogP contribution in [0.3, 0.4) is 0 Å². The Bertz CT molecular complexity index is 200. The van der Waals surface area contributed by atoms with Gasteiger partial charge in [0.15, 0.2) is 0 Å². The molecule has 0 aromatic rings. The molecule has 0 aromatic heterocycles. The Balaban J connectivity index is 3.68. The maximum absolute atomic E-state index is 2.75. The van der Waals surface area contributed by atoms with Crippen molar-refractivity contribution in [2.45, 2.75) is 111 Å². The van der Waals surface area contributed by atoms with E-state index in [1.807, 2.05) is 0 Å². The first-order valence-electron chi connectivity index (χ1n) is 10.4. The zero-order chi connectivity index (χ0) is 16.5. The maximum Gasteiger partial charge on any atom is -0.00163 e. The number of hydrogen-bond donors (Lipinski definition) is 0. The second kappa shape index (κ2) is 17.3. The average Bonchev–Trinajstić information content (AvgIpc) is 2.50. The summed E-state index contributed by atoms with van der Waals surface area (Å²) in [6, 6.07) is 0. The minimum atomic E-state index is 0.844. The second-order valence-corrected chi connectivity index (χ2v) is 7.56. The second-order valence-electron chi connectivity index (χ2n) is 7.56. The van der Waals surface area contributed by atoms with Gasteiger partial charge in [-0.1, -0.05) is 91.9 Å². The number of unbranched alkanes of at least 4 members (excludes halogenated alkanes) is 10. The molecule has 0 saturated heterocycles. The monoisotopic (exact) mass is 311 g/mol. The first kappa shape index (κ1) is 22.0. The van der Waals surface area contributed by atoms with Crippen LogP contribution in [0, 0.1) is 5.92 Å². The van der Waals surface area contributed by atoms with Crippen molar-refractivity contribution in [2.24, 2.45) is 5.92 Å². The van der Waals surface area contributed by atoms with Gasteiger partial charge in [0.1, 0.15) is 0 Å². The molecule has 0 bridgehead atoms. The van der Waals surface area contributed by atoms with Gasteiger partial charge in [-0.05, 0) is 44.8 Å². The molecule has 0 saturated carbocycles. The summed E-state index contributed by atoms with van der Waals surface area (Å²) in [5, 5.41) is 0. The summed E-state index contributed by atoms with van der Waals surface area (Å²) in [5.74, 6) is 0.844. The van der Waals surface area contributed by atoms with Crippen LogP contribution in [-0.2, 0) is 0 Å². The maximum atomic E-state index is 2.75. The summed E-state index contributed by atoms with van der Waals surface area (Å²) in [6.07, 6.45) is 18.4. The normalized spacial score (nSPS) is 11.7. The lowest BCUT2D eigenvalue weighted by Gasteiger charge is -2.23. The van der Waals surface area contributed by atoms with E-state index in [0.717, 1.165) is 5.92 Å². The van der Waals surface area contributed by atoms with Gasteiger partial charge in [-0.3, -0.25) is 0 Å². The van der Waals surface area contributed by atoms with Crippen molar-refractivity contribution < 1.29 is 0 Å². The Morgan fingerprint density at radius 2 is 0.955 bits per heavy atom. The first-order chi connectivity index (χ1) is 10.7. The van der Waals surface area contributed by atoms with Crippen LogP contribution in [0.25, 0.3) is 0 Å². The van der Waals surface area contributed by atoms with Crippen LogP contribution in [0.4, 0.5) is 0 Å².